The van der Waals surface area contributed by atoms with Gasteiger partial charge in [-0.2, -0.15) is 0 Å². The van der Waals surface area contributed by atoms with Crippen molar-refractivity contribution >= 4 is 28.4 Å². The Morgan fingerprint density at radius 2 is 1.83 bits per heavy atom. The number of para-hydroxylation sites is 1. The van der Waals surface area contributed by atoms with Gasteiger partial charge >= 0.3 is 5.97 Å². The molecular weight excluding hydrogens is 364 g/mol. The van der Waals surface area contributed by atoms with Crippen LogP contribution in [0.5, 0.6) is 0 Å². The van der Waals surface area contributed by atoms with Gasteiger partial charge in [0.05, 0.1) is 17.7 Å². The van der Waals surface area contributed by atoms with Crippen LogP contribution in [0.15, 0.2) is 60.8 Å². The number of aliphatic carboxylic acids is 1. The van der Waals surface area contributed by atoms with Crippen molar-refractivity contribution in [1.82, 2.24) is 9.88 Å². The summed E-state index contributed by atoms with van der Waals surface area (Å²) in [5.41, 5.74) is 3.60. The maximum Gasteiger partial charge on any atom is 0.339 e. The fraction of sp³-hybridized carbons (Fsp3) is 0.250. The van der Waals surface area contributed by atoms with Crippen molar-refractivity contribution in [3.63, 3.8) is 0 Å². The summed E-state index contributed by atoms with van der Waals surface area (Å²) in [6, 6.07) is 17.4. The zero-order valence-electron chi connectivity index (χ0n) is 16.4. The lowest BCUT2D eigenvalue weighted by atomic mass is 9.90. The van der Waals surface area contributed by atoms with Gasteiger partial charge in [0.25, 0.3) is 0 Å². The first-order chi connectivity index (χ1) is 14.1. The number of rotatable bonds is 5. The molecule has 2 N–H and O–H groups in total. The Hall–Kier alpha value is -3.34. The Morgan fingerprint density at radius 1 is 1.10 bits per heavy atom. The van der Waals surface area contributed by atoms with Crippen molar-refractivity contribution in [3.05, 3.63) is 77.6 Å². The molecule has 1 aromatic heterocycles. The van der Waals surface area contributed by atoms with E-state index in [0.717, 1.165) is 34.9 Å². The van der Waals surface area contributed by atoms with Gasteiger partial charge in [0.2, 0.25) is 5.91 Å². The highest BCUT2D eigenvalue weighted by molar-refractivity contribution is 6.17. The van der Waals surface area contributed by atoms with Gasteiger partial charge in [-0.3, -0.25) is 4.79 Å². The number of carboxylic acids is 1. The van der Waals surface area contributed by atoms with Gasteiger partial charge in [-0.05, 0) is 23.6 Å². The van der Waals surface area contributed by atoms with Gasteiger partial charge in [-0.25, -0.2) is 4.79 Å². The first kappa shape index (κ1) is 19.0. The number of hydrogen-bond acceptors (Lipinski definition) is 2. The molecule has 1 unspecified atom stereocenters. The molecule has 2 aromatic carbocycles. The van der Waals surface area contributed by atoms with Crippen LogP contribution in [0.2, 0.25) is 0 Å². The molecular formula is C24H24N2O3. The molecule has 148 valence electrons. The predicted octanol–water partition coefficient (Wildman–Crippen LogP) is 4.56. The Morgan fingerprint density at radius 3 is 2.55 bits per heavy atom. The normalized spacial score (nSPS) is 16.2. The first-order valence-electron chi connectivity index (χ1n) is 9.98. The summed E-state index contributed by atoms with van der Waals surface area (Å²) in [5.74, 6) is -1.06. The van der Waals surface area contributed by atoms with E-state index in [1.54, 1.807) is 4.90 Å². The number of H-pyrrole nitrogens is 1. The highest BCUT2D eigenvalue weighted by Crippen LogP contribution is 2.38. The van der Waals surface area contributed by atoms with Crippen LogP contribution in [0.4, 0.5) is 0 Å². The molecule has 3 aromatic rings. The quantitative estimate of drug-likeness (QED) is 0.673. The minimum Gasteiger partial charge on any atom is -0.478 e. The molecule has 0 bridgehead atoms. The predicted molar refractivity (Wildman–Crippen MR) is 113 cm³/mol. The second kappa shape index (κ2) is 7.95. The lowest BCUT2D eigenvalue weighted by molar-refractivity contribution is -0.130. The third-order valence-corrected chi connectivity index (χ3v) is 5.51. The van der Waals surface area contributed by atoms with Crippen LogP contribution in [-0.2, 0) is 16.0 Å². The lowest BCUT2D eigenvalue weighted by Gasteiger charge is -2.23. The number of hydrogen-bond donors (Lipinski definition) is 2. The lowest BCUT2D eigenvalue weighted by Crippen LogP contribution is -2.31. The fourth-order valence-electron chi connectivity index (χ4n) is 4.19. The Balaban J connectivity index is 1.79. The maximum atomic E-state index is 13.1. The molecule has 0 saturated heterocycles. The molecule has 0 spiro atoms. The zero-order chi connectivity index (χ0) is 20.4. The molecule has 0 saturated carbocycles. The summed E-state index contributed by atoms with van der Waals surface area (Å²) in [6.07, 6.45) is 3.59. The van der Waals surface area contributed by atoms with Crippen LogP contribution in [0.25, 0.3) is 16.5 Å². The van der Waals surface area contributed by atoms with Crippen LogP contribution >= 0.6 is 0 Å². The largest absolute Gasteiger partial charge is 0.478 e. The molecule has 5 heteroatoms. The zero-order valence-corrected chi connectivity index (χ0v) is 16.4. The number of nitrogens with zero attached hydrogens (tertiary/aromatic N) is 1. The number of carbonyl (C=O) groups is 2. The number of carbonyl (C=O) groups excluding carboxylic acids is 1. The molecule has 5 nitrogen and oxygen atoms in total. The maximum absolute atomic E-state index is 13.1. The van der Waals surface area contributed by atoms with Crippen LogP contribution in [0.3, 0.4) is 0 Å². The van der Waals surface area contributed by atoms with E-state index in [1.807, 2.05) is 54.6 Å². The molecule has 4 rings (SSSR count). The minimum atomic E-state index is -1.03. The van der Waals surface area contributed by atoms with Crippen LogP contribution in [0, 0.1) is 0 Å². The van der Waals surface area contributed by atoms with Crippen LogP contribution in [0.1, 0.15) is 42.5 Å². The summed E-state index contributed by atoms with van der Waals surface area (Å²) < 4.78 is 0. The van der Waals surface area contributed by atoms with Crippen LogP contribution < -0.4 is 0 Å². The molecule has 0 fully saturated rings. The summed E-state index contributed by atoms with van der Waals surface area (Å²) in [6.45, 7) is 2.59. The number of carboxylic acid groups (broad SMARTS) is 1. The van der Waals surface area contributed by atoms with E-state index in [0.29, 0.717) is 12.2 Å². The third-order valence-electron chi connectivity index (χ3n) is 5.51. The van der Waals surface area contributed by atoms with Crippen molar-refractivity contribution in [3.8, 4) is 0 Å². The van der Waals surface area contributed by atoms with E-state index in [2.05, 4.69) is 11.9 Å². The summed E-state index contributed by atoms with van der Waals surface area (Å²) in [5, 5.41) is 10.9. The topological polar surface area (TPSA) is 73.4 Å². The van der Waals surface area contributed by atoms with Crippen molar-refractivity contribution in [2.45, 2.75) is 32.1 Å². The Bertz CT molecular complexity index is 1080. The van der Waals surface area contributed by atoms with E-state index < -0.39 is 5.97 Å². The number of amides is 1. The van der Waals surface area contributed by atoms with Crippen molar-refractivity contribution < 1.29 is 14.7 Å². The molecule has 1 amide bonds. The smallest absolute Gasteiger partial charge is 0.339 e. The second-order valence-electron chi connectivity index (χ2n) is 7.50. The number of nitrogens with one attached hydrogen (secondary N) is 1. The molecule has 0 radical (unpaired) electrons. The average molecular weight is 388 g/mol. The molecule has 1 aliphatic rings. The minimum absolute atomic E-state index is 0.0685. The van der Waals surface area contributed by atoms with Crippen molar-refractivity contribution in [1.29, 1.82) is 0 Å². The number of aromatic nitrogens is 1. The highest BCUT2D eigenvalue weighted by Gasteiger charge is 2.31. The van der Waals surface area contributed by atoms with Gasteiger partial charge in [0, 0.05) is 29.6 Å². The molecule has 1 atom stereocenters. The SMILES string of the molecule is CCCC1CN(C(=O)Cc2ccccc2)C=C(C(=O)O)c2[nH]c3ccccc3c21. The van der Waals surface area contributed by atoms with E-state index >= 15 is 0 Å². The second-order valence-corrected chi connectivity index (χ2v) is 7.50. The van der Waals surface area contributed by atoms with Gasteiger partial charge in [-0.1, -0.05) is 61.9 Å². The monoisotopic (exact) mass is 388 g/mol. The average Bonchev–Trinajstić information content (AvgIpc) is 3.01. The van der Waals surface area contributed by atoms with Gasteiger partial charge in [-0.15, -0.1) is 0 Å². The standard InChI is InChI=1S/C24H24N2O3/c1-2-8-17-14-26(21(27)13-16-9-4-3-5-10-16)15-19(24(28)29)23-22(17)18-11-6-7-12-20(18)25-23/h3-7,9-12,15,17,25H,2,8,13-14H2,1H3,(H,28,29). The van der Waals surface area contributed by atoms with E-state index in [4.69, 9.17) is 0 Å². The molecule has 1 aliphatic heterocycles. The number of fused-ring (bicyclic) bond motifs is 3. The molecule has 2 heterocycles. The number of aromatic amines is 1. The Kier molecular flexibility index (Phi) is 5.21. The summed E-state index contributed by atoms with van der Waals surface area (Å²) in [7, 11) is 0. The third kappa shape index (κ3) is 3.68. The van der Waals surface area contributed by atoms with Crippen molar-refractivity contribution in [2.75, 3.05) is 6.54 Å². The van der Waals surface area contributed by atoms with Crippen LogP contribution in [-0.4, -0.2) is 33.4 Å². The molecule has 29 heavy (non-hydrogen) atoms. The van der Waals surface area contributed by atoms with Gasteiger partial charge in [0.15, 0.2) is 0 Å². The Labute approximate surface area is 169 Å². The first-order valence-corrected chi connectivity index (χ1v) is 9.98. The highest BCUT2D eigenvalue weighted by atomic mass is 16.4. The summed E-state index contributed by atoms with van der Waals surface area (Å²) >= 11 is 0. The molecule has 0 aliphatic carbocycles. The van der Waals surface area contributed by atoms with E-state index in [-0.39, 0.29) is 23.8 Å². The van der Waals surface area contributed by atoms with Gasteiger partial charge in [0.1, 0.15) is 0 Å². The van der Waals surface area contributed by atoms with Crippen molar-refractivity contribution in [2.24, 2.45) is 0 Å². The number of benzene rings is 2. The van der Waals surface area contributed by atoms with E-state index in [9.17, 15) is 14.7 Å². The summed E-state index contributed by atoms with van der Waals surface area (Å²) in [4.78, 5) is 30.1. The van der Waals surface area contributed by atoms with E-state index in [1.165, 1.54) is 6.20 Å². The van der Waals surface area contributed by atoms with Gasteiger partial charge < -0.3 is 15.0 Å². The fourth-order valence-corrected chi connectivity index (χ4v) is 4.19.